The second-order valence-electron chi connectivity index (χ2n) is 6.60. The van der Waals surface area contributed by atoms with Crippen LogP contribution < -0.4 is 0 Å². The van der Waals surface area contributed by atoms with Crippen LogP contribution in [0, 0.1) is 13.8 Å². The van der Waals surface area contributed by atoms with Crippen molar-refractivity contribution >= 4 is 11.3 Å². The van der Waals surface area contributed by atoms with Crippen molar-refractivity contribution in [3.8, 4) is 0 Å². The van der Waals surface area contributed by atoms with Gasteiger partial charge in [-0.05, 0) is 33.5 Å². The normalized spacial score (nSPS) is 22.6. The molecule has 1 fully saturated rings. The van der Waals surface area contributed by atoms with Gasteiger partial charge < -0.3 is 4.90 Å². The zero-order valence-electron chi connectivity index (χ0n) is 13.9. The number of thiazole rings is 1. The molecular formula is C18H25N3S. The van der Waals surface area contributed by atoms with E-state index in [0.29, 0.717) is 12.0 Å². The first kappa shape index (κ1) is 15.7. The summed E-state index contributed by atoms with van der Waals surface area (Å²) < 4.78 is 0. The molecule has 1 saturated heterocycles. The van der Waals surface area contributed by atoms with E-state index in [1.165, 1.54) is 21.7 Å². The van der Waals surface area contributed by atoms with Gasteiger partial charge in [0, 0.05) is 36.5 Å². The third-order valence-corrected chi connectivity index (χ3v) is 5.67. The number of likely N-dealkylation sites (tertiary alicyclic amines) is 1. The molecular weight excluding hydrogens is 290 g/mol. The first-order valence-corrected chi connectivity index (χ1v) is 8.77. The van der Waals surface area contributed by atoms with Gasteiger partial charge in [-0.3, -0.25) is 4.90 Å². The van der Waals surface area contributed by atoms with Crippen molar-refractivity contribution in [2.24, 2.45) is 0 Å². The maximum absolute atomic E-state index is 4.38. The average molecular weight is 315 g/mol. The molecule has 2 unspecified atom stereocenters. The molecule has 0 N–H and O–H groups in total. The maximum Gasteiger partial charge on any atom is 0.0798 e. The molecule has 2 heterocycles. The quantitative estimate of drug-likeness (QED) is 0.863. The fourth-order valence-corrected chi connectivity index (χ4v) is 4.16. The van der Waals surface area contributed by atoms with Crippen LogP contribution in [0.4, 0.5) is 0 Å². The van der Waals surface area contributed by atoms with Gasteiger partial charge in [0.1, 0.15) is 0 Å². The molecule has 2 atom stereocenters. The molecule has 0 radical (unpaired) electrons. The molecule has 118 valence electrons. The molecule has 3 rings (SSSR count). The van der Waals surface area contributed by atoms with E-state index < -0.39 is 0 Å². The van der Waals surface area contributed by atoms with Gasteiger partial charge in [-0.25, -0.2) is 4.98 Å². The minimum atomic E-state index is 0.580. The van der Waals surface area contributed by atoms with E-state index >= 15 is 0 Å². The second-order valence-corrected chi connectivity index (χ2v) is 7.54. The monoisotopic (exact) mass is 315 g/mol. The highest BCUT2D eigenvalue weighted by molar-refractivity contribution is 7.09. The van der Waals surface area contributed by atoms with Gasteiger partial charge in [0.15, 0.2) is 0 Å². The molecule has 2 aromatic rings. The van der Waals surface area contributed by atoms with E-state index in [2.05, 4.69) is 67.0 Å². The van der Waals surface area contributed by atoms with E-state index in [4.69, 9.17) is 0 Å². The van der Waals surface area contributed by atoms with E-state index in [-0.39, 0.29) is 0 Å². The highest BCUT2D eigenvalue weighted by Gasteiger charge is 2.35. The van der Waals surface area contributed by atoms with E-state index in [1.807, 2.05) is 5.51 Å². The van der Waals surface area contributed by atoms with Crippen LogP contribution in [0.5, 0.6) is 0 Å². The minimum absolute atomic E-state index is 0.580. The van der Waals surface area contributed by atoms with Crippen molar-refractivity contribution in [1.29, 1.82) is 0 Å². The van der Waals surface area contributed by atoms with Crippen molar-refractivity contribution in [2.75, 3.05) is 27.2 Å². The number of aromatic nitrogens is 1. The first-order valence-electron chi connectivity index (χ1n) is 7.89. The van der Waals surface area contributed by atoms with Crippen molar-refractivity contribution in [2.45, 2.75) is 32.4 Å². The fourth-order valence-electron chi connectivity index (χ4n) is 3.34. The standard InChI is InChI=1S/C18H25N3S/c1-13-5-7-15(8-6-13)16-9-21(10-17(16)20(3)4)11-18-14(2)19-12-22-18/h5-8,12,16-17H,9-11H2,1-4H3. The first-order chi connectivity index (χ1) is 10.5. The predicted molar refractivity (Wildman–Crippen MR) is 93.5 cm³/mol. The van der Waals surface area contributed by atoms with Crippen LogP contribution in [0.15, 0.2) is 29.8 Å². The Kier molecular flexibility index (Phi) is 4.62. The van der Waals surface area contributed by atoms with Crippen LogP contribution in [0.25, 0.3) is 0 Å². The largest absolute Gasteiger partial charge is 0.305 e. The summed E-state index contributed by atoms with van der Waals surface area (Å²) in [5.41, 5.74) is 5.94. The lowest BCUT2D eigenvalue weighted by atomic mass is 9.93. The van der Waals surface area contributed by atoms with Crippen molar-refractivity contribution in [3.63, 3.8) is 0 Å². The summed E-state index contributed by atoms with van der Waals surface area (Å²) in [6, 6.07) is 9.65. The highest BCUT2D eigenvalue weighted by Crippen LogP contribution is 2.32. The summed E-state index contributed by atoms with van der Waals surface area (Å²) in [5.74, 6) is 0.587. The Morgan fingerprint density at radius 2 is 1.91 bits per heavy atom. The van der Waals surface area contributed by atoms with E-state index in [9.17, 15) is 0 Å². The van der Waals surface area contributed by atoms with Gasteiger partial charge in [-0.15, -0.1) is 11.3 Å². The number of aryl methyl sites for hydroxylation is 2. The summed E-state index contributed by atoms with van der Waals surface area (Å²) in [5, 5.41) is 0. The van der Waals surface area contributed by atoms with Gasteiger partial charge in [0.2, 0.25) is 0 Å². The molecule has 22 heavy (non-hydrogen) atoms. The van der Waals surface area contributed by atoms with E-state index in [1.54, 1.807) is 11.3 Å². The molecule has 1 aliphatic heterocycles. The zero-order valence-corrected chi connectivity index (χ0v) is 14.7. The number of benzene rings is 1. The molecule has 0 aliphatic carbocycles. The third kappa shape index (κ3) is 3.24. The van der Waals surface area contributed by atoms with E-state index in [0.717, 1.165) is 19.6 Å². The molecule has 0 spiro atoms. The molecule has 0 amide bonds. The van der Waals surface area contributed by atoms with Crippen LogP contribution >= 0.6 is 11.3 Å². The number of likely N-dealkylation sites (N-methyl/N-ethyl adjacent to an activating group) is 1. The van der Waals surface area contributed by atoms with Crippen molar-refractivity contribution < 1.29 is 0 Å². The Labute approximate surface area is 137 Å². The number of rotatable bonds is 4. The zero-order chi connectivity index (χ0) is 15.7. The van der Waals surface area contributed by atoms with Crippen LogP contribution in [0.2, 0.25) is 0 Å². The maximum atomic E-state index is 4.38. The number of hydrogen-bond acceptors (Lipinski definition) is 4. The number of nitrogens with zero attached hydrogens (tertiary/aromatic N) is 3. The second kappa shape index (κ2) is 6.49. The molecule has 0 saturated carbocycles. The smallest absolute Gasteiger partial charge is 0.0798 e. The summed E-state index contributed by atoms with van der Waals surface area (Å²) >= 11 is 1.78. The van der Waals surface area contributed by atoms with Gasteiger partial charge in [0.05, 0.1) is 11.2 Å². The number of hydrogen-bond donors (Lipinski definition) is 0. The lowest BCUT2D eigenvalue weighted by Crippen LogP contribution is -2.34. The summed E-state index contributed by atoms with van der Waals surface area (Å²) in [7, 11) is 4.40. The lowest BCUT2D eigenvalue weighted by Gasteiger charge is -2.25. The Balaban J connectivity index is 1.77. The third-order valence-electron chi connectivity index (χ3n) is 4.75. The Morgan fingerprint density at radius 3 is 2.50 bits per heavy atom. The van der Waals surface area contributed by atoms with Crippen LogP contribution in [0.3, 0.4) is 0 Å². The SMILES string of the molecule is Cc1ccc(C2CN(Cc3scnc3C)CC2N(C)C)cc1. The molecule has 1 aliphatic rings. The Bertz CT molecular complexity index is 618. The topological polar surface area (TPSA) is 19.4 Å². The van der Waals surface area contributed by atoms with Gasteiger partial charge in [-0.1, -0.05) is 29.8 Å². The molecule has 1 aromatic heterocycles. The average Bonchev–Trinajstić information content (AvgIpc) is 3.08. The highest BCUT2D eigenvalue weighted by atomic mass is 32.1. The molecule has 1 aromatic carbocycles. The van der Waals surface area contributed by atoms with Crippen molar-refractivity contribution in [3.05, 3.63) is 51.5 Å². The van der Waals surface area contributed by atoms with Crippen molar-refractivity contribution in [1.82, 2.24) is 14.8 Å². The Morgan fingerprint density at radius 1 is 1.18 bits per heavy atom. The van der Waals surface area contributed by atoms with Crippen LogP contribution in [-0.4, -0.2) is 48.0 Å². The van der Waals surface area contributed by atoms with Gasteiger partial charge >= 0.3 is 0 Å². The summed E-state index contributed by atoms with van der Waals surface area (Å²) in [6.45, 7) is 7.55. The minimum Gasteiger partial charge on any atom is -0.305 e. The van der Waals surface area contributed by atoms with Crippen LogP contribution in [-0.2, 0) is 6.54 Å². The molecule has 4 heteroatoms. The van der Waals surface area contributed by atoms with Crippen LogP contribution in [0.1, 0.15) is 27.6 Å². The predicted octanol–water partition coefficient (Wildman–Crippen LogP) is 3.29. The molecule has 0 bridgehead atoms. The fraction of sp³-hybridized carbons (Fsp3) is 0.500. The lowest BCUT2D eigenvalue weighted by molar-refractivity contribution is 0.260. The Hall–Kier alpha value is -1.23. The summed E-state index contributed by atoms with van der Waals surface area (Å²) in [4.78, 5) is 10.7. The molecule has 3 nitrogen and oxygen atoms in total. The summed E-state index contributed by atoms with van der Waals surface area (Å²) in [6.07, 6.45) is 0. The van der Waals surface area contributed by atoms with Gasteiger partial charge in [0.25, 0.3) is 0 Å². The van der Waals surface area contributed by atoms with Gasteiger partial charge in [-0.2, -0.15) is 0 Å².